The summed E-state index contributed by atoms with van der Waals surface area (Å²) < 4.78 is 30.7. The van der Waals surface area contributed by atoms with Crippen molar-refractivity contribution in [3.8, 4) is 22.9 Å². The van der Waals surface area contributed by atoms with E-state index in [1.165, 1.54) is 6.21 Å². The van der Waals surface area contributed by atoms with Gasteiger partial charge in [-0.1, -0.05) is 0 Å². The second-order valence-electron chi connectivity index (χ2n) is 9.46. The molecule has 0 radical (unpaired) electrons. The number of benzene rings is 2. The molecule has 0 unspecified atom stereocenters. The number of nitrogens with one attached hydrogen (secondary N) is 1. The Bertz CT molecular complexity index is 1570. The maximum Gasteiger partial charge on any atom is 0.347 e. The molecule has 226 valence electrons. The standard InChI is InChI=1S/C32H34BrN3O7/c1-6-39-29-16-23(27(33)17-30(29)42-22(5)32(38)40-7-2)18-34-35-31(37)28-15-14-26(43-28)19-41-25-12-10-24(11-13-25)36-20(3)8-9-21(36)4/h8-18,22H,6-7,19H2,1-5H3,(H,35,37)/b34-18+/t22-/m1/s1. The van der Waals surface area contributed by atoms with Crippen molar-refractivity contribution < 1.29 is 33.0 Å². The van der Waals surface area contributed by atoms with Crippen LogP contribution >= 0.6 is 15.9 Å². The lowest BCUT2D eigenvalue weighted by atomic mass is 10.2. The van der Waals surface area contributed by atoms with Gasteiger partial charge in [-0.05, 0) is 111 Å². The number of esters is 1. The minimum atomic E-state index is -0.822. The van der Waals surface area contributed by atoms with Crippen LogP contribution in [-0.4, -0.2) is 42.0 Å². The monoisotopic (exact) mass is 651 g/mol. The highest BCUT2D eigenvalue weighted by Crippen LogP contribution is 2.34. The fourth-order valence-corrected chi connectivity index (χ4v) is 4.65. The minimum Gasteiger partial charge on any atom is -0.490 e. The summed E-state index contributed by atoms with van der Waals surface area (Å²) >= 11 is 3.47. The Kier molecular flexibility index (Phi) is 10.7. The van der Waals surface area contributed by atoms with E-state index in [4.69, 9.17) is 23.4 Å². The fourth-order valence-electron chi connectivity index (χ4n) is 4.22. The van der Waals surface area contributed by atoms with E-state index in [0.717, 1.165) is 17.1 Å². The zero-order chi connectivity index (χ0) is 30.9. The molecule has 0 aliphatic rings. The first kappa shape index (κ1) is 31.4. The molecular weight excluding hydrogens is 618 g/mol. The molecule has 2 heterocycles. The van der Waals surface area contributed by atoms with E-state index in [9.17, 15) is 9.59 Å². The molecule has 0 spiro atoms. The summed E-state index contributed by atoms with van der Waals surface area (Å²) in [4.78, 5) is 24.6. The number of hydrogen-bond donors (Lipinski definition) is 1. The molecule has 0 saturated carbocycles. The number of hydrazone groups is 1. The van der Waals surface area contributed by atoms with Gasteiger partial charge in [-0.2, -0.15) is 5.10 Å². The first-order valence-corrected chi connectivity index (χ1v) is 14.6. The quantitative estimate of drug-likeness (QED) is 0.0994. The predicted molar refractivity (Wildman–Crippen MR) is 165 cm³/mol. The summed E-state index contributed by atoms with van der Waals surface area (Å²) in [6, 6.07) is 18.5. The summed E-state index contributed by atoms with van der Waals surface area (Å²) in [5.74, 6) is 1.05. The van der Waals surface area contributed by atoms with Crippen LogP contribution in [0.1, 0.15) is 54.0 Å². The minimum absolute atomic E-state index is 0.0930. The average Bonchev–Trinajstić information content (AvgIpc) is 3.60. The molecule has 0 aliphatic carbocycles. The van der Waals surface area contributed by atoms with Gasteiger partial charge in [0.2, 0.25) is 0 Å². The smallest absolute Gasteiger partial charge is 0.347 e. The van der Waals surface area contributed by atoms with Crippen molar-refractivity contribution in [2.45, 2.75) is 47.3 Å². The van der Waals surface area contributed by atoms with Crippen LogP contribution in [0.25, 0.3) is 5.69 Å². The third-order valence-electron chi connectivity index (χ3n) is 6.29. The van der Waals surface area contributed by atoms with E-state index in [-0.39, 0.29) is 19.0 Å². The molecule has 1 N–H and O–H groups in total. The van der Waals surface area contributed by atoms with Crippen LogP contribution in [-0.2, 0) is 16.1 Å². The zero-order valence-electron chi connectivity index (χ0n) is 24.7. The highest BCUT2D eigenvalue weighted by atomic mass is 79.9. The maximum absolute atomic E-state index is 12.6. The first-order chi connectivity index (χ1) is 20.7. The third-order valence-corrected chi connectivity index (χ3v) is 6.97. The van der Waals surface area contributed by atoms with E-state index < -0.39 is 18.0 Å². The molecule has 10 nitrogen and oxygen atoms in total. The number of hydrogen-bond acceptors (Lipinski definition) is 8. The number of nitrogens with zero attached hydrogens (tertiary/aromatic N) is 2. The fraction of sp³-hybridized carbons (Fsp3) is 0.281. The number of ether oxygens (including phenoxy) is 4. The van der Waals surface area contributed by atoms with Crippen molar-refractivity contribution in [1.82, 2.24) is 9.99 Å². The maximum atomic E-state index is 12.6. The molecule has 4 aromatic rings. The Labute approximate surface area is 258 Å². The average molecular weight is 653 g/mol. The SMILES string of the molecule is CCOC(=O)[C@@H](C)Oc1cc(Br)c(/C=N/NC(=O)c2ccc(COc3ccc(-n4c(C)ccc4C)cc3)o2)cc1OCC. The van der Waals surface area contributed by atoms with E-state index in [1.807, 2.05) is 31.2 Å². The molecule has 0 aliphatic heterocycles. The Morgan fingerprint density at radius 2 is 1.70 bits per heavy atom. The van der Waals surface area contributed by atoms with Crippen LogP contribution in [0, 0.1) is 13.8 Å². The second kappa shape index (κ2) is 14.6. The highest BCUT2D eigenvalue weighted by molar-refractivity contribution is 9.10. The van der Waals surface area contributed by atoms with Crippen molar-refractivity contribution in [2.24, 2.45) is 5.10 Å². The number of aromatic nitrogens is 1. The normalized spacial score (nSPS) is 11.8. The van der Waals surface area contributed by atoms with Crippen molar-refractivity contribution in [2.75, 3.05) is 13.2 Å². The molecule has 11 heteroatoms. The van der Waals surface area contributed by atoms with Crippen molar-refractivity contribution in [3.63, 3.8) is 0 Å². The molecule has 43 heavy (non-hydrogen) atoms. The number of halogens is 1. The second-order valence-corrected chi connectivity index (χ2v) is 10.3. The number of carbonyl (C=O) groups excluding carboxylic acids is 2. The Balaban J connectivity index is 1.34. The molecule has 0 bridgehead atoms. The van der Waals surface area contributed by atoms with E-state index in [2.05, 4.69) is 57.0 Å². The van der Waals surface area contributed by atoms with Crippen LogP contribution in [0.2, 0.25) is 0 Å². The van der Waals surface area contributed by atoms with Crippen LogP contribution in [0.15, 0.2) is 74.7 Å². The number of furan rings is 1. The highest BCUT2D eigenvalue weighted by Gasteiger charge is 2.19. The molecule has 0 saturated heterocycles. The van der Waals surface area contributed by atoms with Gasteiger partial charge in [0.1, 0.15) is 18.1 Å². The Morgan fingerprint density at radius 3 is 2.37 bits per heavy atom. The van der Waals surface area contributed by atoms with E-state index in [1.54, 1.807) is 38.1 Å². The topological polar surface area (TPSA) is 114 Å². The van der Waals surface area contributed by atoms with Crippen molar-refractivity contribution >= 4 is 34.0 Å². The lowest BCUT2D eigenvalue weighted by Crippen LogP contribution is -2.26. The number of aryl methyl sites for hydroxylation is 2. The van der Waals surface area contributed by atoms with Gasteiger partial charge in [0.25, 0.3) is 0 Å². The van der Waals surface area contributed by atoms with Gasteiger partial charge in [0.05, 0.1) is 19.4 Å². The number of carbonyl (C=O) groups is 2. The van der Waals surface area contributed by atoms with Crippen molar-refractivity contribution in [3.05, 3.63) is 93.6 Å². The molecule has 1 atom stereocenters. The summed E-state index contributed by atoms with van der Waals surface area (Å²) in [7, 11) is 0. The van der Waals surface area contributed by atoms with Crippen LogP contribution < -0.4 is 19.6 Å². The van der Waals surface area contributed by atoms with Gasteiger partial charge < -0.3 is 27.9 Å². The van der Waals surface area contributed by atoms with Gasteiger partial charge in [-0.25, -0.2) is 10.2 Å². The Morgan fingerprint density at radius 1 is 0.977 bits per heavy atom. The lowest BCUT2D eigenvalue weighted by molar-refractivity contribution is -0.150. The van der Waals surface area contributed by atoms with E-state index in [0.29, 0.717) is 39.7 Å². The van der Waals surface area contributed by atoms with E-state index >= 15 is 0 Å². The van der Waals surface area contributed by atoms with Gasteiger partial charge in [-0.15, -0.1) is 0 Å². The lowest BCUT2D eigenvalue weighted by Gasteiger charge is -2.17. The largest absolute Gasteiger partial charge is 0.490 e. The summed E-state index contributed by atoms with van der Waals surface area (Å²) in [5, 5.41) is 4.05. The number of amides is 1. The van der Waals surface area contributed by atoms with Gasteiger partial charge in [0.15, 0.2) is 23.4 Å². The van der Waals surface area contributed by atoms with Crippen LogP contribution in [0.5, 0.6) is 17.2 Å². The molecular formula is C32H34BrN3O7. The van der Waals surface area contributed by atoms with Crippen LogP contribution in [0.3, 0.4) is 0 Å². The molecule has 2 aromatic carbocycles. The molecule has 0 fully saturated rings. The van der Waals surface area contributed by atoms with Gasteiger partial charge in [-0.3, -0.25) is 4.79 Å². The molecule has 4 rings (SSSR count). The zero-order valence-corrected chi connectivity index (χ0v) is 26.3. The van der Waals surface area contributed by atoms with Crippen LogP contribution in [0.4, 0.5) is 0 Å². The summed E-state index contributed by atoms with van der Waals surface area (Å²) in [6.07, 6.45) is 0.633. The third kappa shape index (κ3) is 8.07. The summed E-state index contributed by atoms with van der Waals surface area (Å²) in [6.45, 7) is 10.1. The molecule has 1 amide bonds. The van der Waals surface area contributed by atoms with Gasteiger partial charge >= 0.3 is 11.9 Å². The summed E-state index contributed by atoms with van der Waals surface area (Å²) in [5.41, 5.74) is 6.44. The molecule has 2 aromatic heterocycles. The first-order valence-electron chi connectivity index (χ1n) is 13.8. The number of rotatable bonds is 13. The Hall–Kier alpha value is -4.51. The van der Waals surface area contributed by atoms with Crippen molar-refractivity contribution in [1.29, 1.82) is 0 Å². The van der Waals surface area contributed by atoms with Gasteiger partial charge in [0, 0.05) is 27.1 Å². The predicted octanol–water partition coefficient (Wildman–Crippen LogP) is 6.52.